The van der Waals surface area contributed by atoms with E-state index in [9.17, 15) is 13.2 Å². The van der Waals surface area contributed by atoms with Gasteiger partial charge in [-0.25, -0.2) is 8.42 Å². The number of benzene rings is 1. The van der Waals surface area contributed by atoms with Crippen LogP contribution in [0.3, 0.4) is 0 Å². The molecule has 1 amide bonds. The van der Waals surface area contributed by atoms with Crippen molar-refractivity contribution in [2.75, 3.05) is 67.5 Å². The van der Waals surface area contributed by atoms with Crippen molar-refractivity contribution < 1.29 is 22.5 Å². The number of aryl methyl sites for hydroxylation is 2. The SMILES string of the molecule is COc1cc(C)c(S(=O)(=O)N(C)Cc2nc(C(=O)N3CCN(CCCCN(C)C)CC3)no2)c(C)c1. The zero-order valence-corrected chi connectivity index (χ0v) is 23.0. The lowest BCUT2D eigenvalue weighted by atomic mass is 10.1. The van der Waals surface area contributed by atoms with Gasteiger partial charge < -0.3 is 19.1 Å². The lowest BCUT2D eigenvalue weighted by Gasteiger charge is -2.34. The van der Waals surface area contributed by atoms with Gasteiger partial charge in [0, 0.05) is 33.2 Å². The number of aromatic nitrogens is 2. The number of sulfonamides is 1. The number of nitrogens with zero attached hydrogens (tertiary/aromatic N) is 6. The lowest BCUT2D eigenvalue weighted by Crippen LogP contribution is -2.49. The van der Waals surface area contributed by atoms with Crippen LogP contribution >= 0.6 is 0 Å². The number of methoxy groups -OCH3 is 1. The molecule has 0 spiro atoms. The van der Waals surface area contributed by atoms with E-state index in [1.165, 1.54) is 14.2 Å². The van der Waals surface area contributed by atoms with Gasteiger partial charge in [0.15, 0.2) is 0 Å². The molecular weight excluding hydrogens is 484 g/mol. The second kappa shape index (κ2) is 12.1. The molecule has 1 aromatic heterocycles. The zero-order valence-electron chi connectivity index (χ0n) is 22.2. The predicted molar refractivity (Wildman–Crippen MR) is 136 cm³/mol. The molecule has 36 heavy (non-hydrogen) atoms. The zero-order chi connectivity index (χ0) is 26.5. The van der Waals surface area contributed by atoms with Crippen molar-refractivity contribution in [2.24, 2.45) is 0 Å². The largest absolute Gasteiger partial charge is 0.497 e. The Kier molecular flexibility index (Phi) is 9.45. The highest BCUT2D eigenvalue weighted by atomic mass is 32.2. The van der Waals surface area contributed by atoms with Gasteiger partial charge in [-0.3, -0.25) is 9.69 Å². The molecule has 1 aliphatic heterocycles. The highest BCUT2D eigenvalue weighted by Crippen LogP contribution is 2.28. The van der Waals surface area contributed by atoms with Crippen LogP contribution in [0.5, 0.6) is 5.75 Å². The number of hydrogen-bond donors (Lipinski definition) is 0. The van der Waals surface area contributed by atoms with E-state index < -0.39 is 10.0 Å². The Bertz CT molecular complexity index is 1120. The third kappa shape index (κ3) is 6.81. The standard InChI is InChI=1S/C24H38N6O5S/c1-18-15-20(34-6)16-19(2)22(18)36(32,33)28(5)17-21-25-23(26-35-21)24(31)30-13-11-29(12-14-30)10-8-7-9-27(3)4/h15-16H,7-14,17H2,1-6H3. The van der Waals surface area contributed by atoms with E-state index in [0.29, 0.717) is 30.0 Å². The van der Waals surface area contributed by atoms with Gasteiger partial charge in [0.25, 0.3) is 11.7 Å². The summed E-state index contributed by atoms with van der Waals surface area (Å²) in [7, 11) is 3.31. The van der Waals surface area contributed by atoms with Crippen LogP contribution in [0.15, 0.2) is 21.6 Å². The molecule has 1 saturated heterocycles. The van der Waals surface area contributed by atoms with E-state index >= 15 is 0 Å². The normalized spacial score (nSPS) is 15.2. The molecule has 3 rings (SSSR count). The number of piperazine rings is 1. The number of carbonyl (C=O) groups is 1. The summed E-state index contributed by atoms with van der Waals surface area (Å²) < 4.78 is 38.1. The maximum absolute atomic E-state index is 13.2. The van der Waals surface area contributed by atoms with Gasteiger partial charge in [0.2, 0.25) is 15.9 Å². The molecule has 12 heteroatoms. The molecule has 200 valence electrons. The summed E-state index contributed by atoms with van der Waals surface area (Å²) in [5.74, 6) is 0.307. The van der Waals surface area contributed by atoms with Crippen LogP contribution in [-0.4, -0.2) is 111 Å². The van der Waals surface area contributed by atoms with Crippen molar-refractivity contribution in [3.8, 4) is 5.75 Å². The molecule has 0 N–H and O–H groups in total. The van der Waals surface area contributed by atoms with Crippen LogP contribution < -0.4 is 4.74 Å². The van der Waals surface area contributed by atoms with Crippen molar-refractivity contribution in [2.45, 2.75) is 38.1 Å². The molecule has 11 nitrogen and oxygen atoms in total. The molecule has 0 radical (unpaired) electrons. The Labute approximate surface area is 214 Å². The van der Waals surface area contributed by atoms with Gasteiger partial charge in [0.05, 0.1) is 18.6 Å². The Morgan fingerprint density at radius 3 is 2.31 bits per heavy atom. The Morgan fingerprint density at radius 2 is 1.72 bits per heavy atom. The fourth-order valence-electron chi connectivity index (χ4n) is 4.35. The first-order valence-electron chi connectivity index (χ1n) is 12.1. The van der Waals surface area contributed by atoms with Crippen molar-refractivity contribution in [3.05, 3.63) is 35.0 Å². The Morgan fingerprint density at radius 1 is 1.08 bits per heavy atom. The maximum Gasteiger partial charge on any atom is 0.295 e. The molecule has 0 saturated carbocycles. The summed E-state index contributed by atoms with van der Waals surface area (Å²) in [5.41, 5.74) is 1.16. The van der Waals surface area contributed by atoms with E-state index in [1.807, 2.05) is 0 Å². The number of carbonyl (C=O) groups excluding carboxylic acids is 1. The quantitative estimate of drug-likeness (QED) is 0.406. The Balaban J connectivity index is 1.57. The van der Waals surface area contributed by atoms with E-state index in [1.54, 1.807) is 30.9 Å². The monoisotopic (exact) mass is 522 g/mol. The van der Waals surface area contributed by atoms with Crippen LogP contribution in [-0.2, 0) is 16.6 Å². The van der Waals surface area contributed by atoms with Gasteiger partial charge >= 0.3 is 0 Å². The third-order valence-electron chi connectivity index (χ3n) is 6.34. The first-order chi connectivity index (χ1) is 17.0. The van der Waals surface area contributed by atoms with Gasteiger partial charge in [-0.2, -0.15) is 9.29 Å². The summed E-state index contributed by atoms with van der Waals surface area (Å²) in [6.45, 7) is 8.21. The van der Waals surface area contributed by atoms with Crippen LogP contribution in [0.25, 0.3) is 0 Å². The first kappa shape index (κ1) is 28.0. The molecule has 0 atom stereocenters. The molecule has 2 aromatic rings. The first-order valence-corrected chi connectivity index (χ1v) is 13.6. The van der Waals surface area contributed by atoms with Crippen molar-refractivity contribution in [1.82, 2.24) is 29.1 Å². The highest BCUT2D eigenvalue weighted by molar-refractivity contribution is 7.89. The van der Waals surface area contributed by atoms with Crippen LogP contribution in [0.1, 0.15) is 40.5 Å². The third-order valence-corrected chi connectivity index (χ3v) is 8.45. The van der Waals surface area contributed by atoms with Gasteiger partial charge in [-0.15, -0.1) is 0 Å². The van der Waals surface area contributed by atoms with E-state index in [-0.39, 0.29) is 29.1 Å². The second-order valence-corrected chi connectivity index (χ2v) is 11.5. The minimum Gasteiger partial charge on any atom is -0.497 e. The van der Waals surface area contributed by atoms with Crippen molar-refractivity contribution in [3.63, 3.8) is 0 Å². The summed E-state index contributed by atoms with van der Waals surface area (Å²) in [6, 6.07) is 3.36. The topological polar surface area (TPSA) is 112 Å². The molecule has 2 heterocycles. The van der Waals surface area contributed by atoms with Crippen molar-refractivity contribution >= 4 is 15.9 Å². The van der Waals surface area contributed by atoms with E-state index in [0.717, 1.165) is 43.3 Å². The minimum absolute atomic E-state index is 0.0490. The average molecular weight is 523 g/mol. The number of ether oxygens (including phenoxy) is 1. The highest BCUT2D eigenvalue weighted by Gasteiger charge is 2.29. The molecule has 0 bridgehead atoms. The summed E-state index contributed by atoms with van der Waals surface area (Å²) in [5, 5.41) is 3.82. The fraction of sp³-hybridized carbons (Fsp3) is 0.625. The Hall–Kier alpha value is -2.54. The summed E-state index contributed by atoms with van der Waals surface area (Å²) in [6.07, 6.45) is 2.28. The summed E-state index contributed by atoms with van der Waals surface area (Å²) >= 11 is 0. The van der Waals surface area contributed by atoms with E-state index in [2.05, 4.69) is 34.0 Å². The molecular formula is C24H38N6O5S. The van der Waals surface area contributed by atoms with Crippen LogP contribution in [0, 0.1) is 13.8 Å². The molecule has 1 aromatic carbocycles. The lowest BCUT2D eigenvalue weighted by molar-refractivity contribution is 0.0619. The maximum atomic E-state index is 13.2. The van der Waals surface area contributed by atoms with Crippen LogP contribution in [0.4, 0.5) is 0 Å². The van der Waals surface area contributed by atoms with Crippen LogP contribution in [0.2, 0.25) is 0 Å². The van der Waals surface area contributed by atoms with Gasteiger partial charge in [-0.1, -0.05) is 5.16 Å². The number of unbranched alkanes of at least 4 members (excludes halogenated alkanes) is 1. The fourth-order valence-corrected chi connectivity index (χ4v) is 5.88. The molecule has 0 unspecified atom stereocenters. The second-order valence-electron chi connectivity index (χ2n) is 9.51. The average Bonchev–Trinajstić information content (AvgIpc) is 3.29. The minimum atomic E-state index is -3.83. The van der Waals surface area contributed by atoms with E-state index in [4.69, 9.17) is 9.26 Å². The van der Waals surface area contributed by atoms with Crippen molar-refractivity contribution in [1.29, 1.82) is 0 Å². The molecule has 1 aliphatic rings. The predicted octanol–water partition coefficient (Wildman–Crippen LogP) is 1.62. The smallest absolute Gasteiger partial charge is 0.295 e. The summed E-state index contributed by atoms with van der Waals surface area (Å²) in [4.78, 5) is 23.5. The van der Waals surface area contributed by atoms with Gasteiger partial charge in [-0.05, 0) is 77.1 Å². The number of amides is 1. The number of hydrogen-bond acceptors (Lipinski definition) is 9. The molecule has 0 aliphatic carbocycles. The van der Waals surface area contributed by atoms with Gasteiger partial charge in [0.1, 0.15) is 5.75 Å². The number of rotatable bonds is 11. The molecule has 1 fully saturated rings.